The number of rotatable bonds is 8. The highest BCUT2D eigenvalue weighted by atomic mass is 32.2. The lowest BCUT2D eigenvalue weighted by Crippen LogP contribution is -2.57. The van der Waals surface area contributed by atoms with E-state index < -0.39 is 16.1 Å². The van der Waals surface area contributed by atoms with E-state index in [1.54, 1.807) is 16.4 Å². The van der Waals surface area contributed by atoms with Crippen LogP contribution in [0.4, 0.5) is 4.39 Å². The summed E-state index contributed by atoms with van der Waals surface area (Å²) in [5.74, 6) is 0.0875. The third kappa shape index (κ3) is 7.01. The molecule has 4 aliphatic rings. The Morgan fingerprint density at radius 2 is 1.82 bits per heavy atom. The van der Waals surface area contributed by atoms with Gasteiger partial charge in [-0.25, -0.2) is 12.8 Å². The highest BCUT2D eigenvalue weighted by molar-refractivity contribution is 7.89. The number of nitrogens with two attached hydrogens (primary N) is 1. The lowest BCUT2D eigenvalue weighted by atomic mass is 9.76. The molecule has 1 saturated carbocycles. The van der Waals surface area contributed by atoms with Crippen LogP contribution in [0, 0.1) is 17.7 Å². The molecule has 5 rings (SSSR count). The number of benzene rings is 1. The highest BCUT2D eigenvalue weighted by Crippen LogP contribution is 2.36. The van der Waals surface area contributed by atoms with Crippen LogP contribution >= 0.6 is 0 Å². The molecule has 0 spiro atoms. The summed E-state index contributed by atoms with van der Waals surface area (Å²) in [6, 6.07) is 5.92. The van der Waals surface area contributed by atoms with Crippen molar-refractivity contribution >= 4 is 15.9 Å². The van der Waals surface area contributed by atoms with Gasteiger partial charge in [0.2, 0.25) is 15.9 Å². The predicted octanol–water partition coefficient (Wildman–Crippen LogP) is 2.88. The first-order chi connectivity index (χ1) is 18.8. The number of nitrogens with one attached hydrogen (secondary N) is 2. The SMILES string of the molecule is NC(C(=O)N[C@H]1CCCC[C@@H]1CC[C@H]1CN[C@@H]2CCCS(=O)(=O)N1C2)C(c1ccc(F)cc1)C1CCOCC1. The summed E-state index contributed by atoms with van der Waals surface area (Å²) >= 11 is 0. The molecule has 2 bridgehead atoms. The molecule has 1 amide bonds. The minimum atomic E-state index is -3.21. The molecule has 10 heteroatoms. The van der Waals surface area contributed by atoms with Crippen molar-refractivity contribution in [1.82, 2.24) is 14.9 Å². The second kappa shape index (κ2) is 12.9. The van der Waals surface area contributed by atoms with Crippen molar-refractivity contribution in [2.45, 2.75) is 94.3 Å². The summed E-state index contributed by atoms with van der Waals surface area (Å²) < 4.78 is 46.8. The van der Waals surface area contributed by atoms with E-state index in [1.807, 2.05) is 0 Å². The van der Waals surface area contributed by atoms with Crippen molar-refractivity contribution in [1.29, 1.82) is 0 Å². The first-order valence-electron chi connectivity index (χ1n) is 14.9. The summed E-state index contributed by atoms with van der Waals surface area (Å²) in [4.78, 5) is 13.6. The van der Waals surface area contributed by atoms with Crippen molar-refractivity contribution in [3.8, 4) is 0 Å². The van der Waals surface area contributed by atoms with Crippen LogP contribution in [0.1, 0.15) is 75.7 Å². The quantitative estimate of drug-likeness (QED) is 0.448. The van der Waals surface area contributed by atoms with Crippen LogP contribution < -0.4 is 16.4 Å². The summed E-state index contributed by atoms with van der Waals surface area (Å²) in [5.41, 5.74) is 7.58. The van der Waals surface area contributed by atoms with Gasteiger partial charge < -0.3 is 21.1 Å². The number of carbonyl (C=O) groups is 1. The number of hydrogen-bond donors (Lipinski definition) is 3. The molecule has 1 aromatic rings. The molecule has 218 valence electrons. The number of carbonyl (C=O) groups excluding carboxylic acids is 1. The molecular formula is C29H45FN4O4S. The second-order valence-corrected chi connectivity index (χ2v) is 14.1. The summed E-state index contributed by atoms with van der Waals surface area (Å²) in [6.07, 6.45) is 9.06. The first-order valence-corrected chi connectivity index (χ1v) is 16.5. The average molecular weight is 565 g/mol. The van der Waals surface area contributed by atoms with Crippen LogP contribution in [0.3, 0.4) is 0 Å². The van der Waals surface area contributed by atoms with E-state index in [4.69, 9.17) is 10.5 Å². The van der Waals surface area contributed by atoms with Crippen molar-refractivity contribution in [3.63, 3.8) is 0 Å². The minimum Gasteiger partial charge on any atom is -0.381 e. The smallest absolute Gasteiger partial charge is 0.237 e. The van der Waals surface area contributed by atoms with Crippen molar-refractivity contribution < 1.29 is 22.3 Å². The van der Waals surface area contributed by atoms with Gasteiger partial charge in [0.05, 0.1) is 11.8 Å². The monoisotopic (exact) mass is 564 g/mol. The van der Waals surface area contributed by atoms with Crippen LogP contribution in [-0.4, -0.2) is 74.9 Å². The van der Waals surface area contributed by atoms with E-state index in [0.29, 0.717) is 38.6 Å². The van der Waals surface area contributed by atoms with Crippen molar-refractivity contribution in [3.05, 3.63) is 35.6 Å². The molecule has 4 N–H and O–H groups in total. The van der Waals surface area contributed by atoms with Gasteiger partial charge in [-0.3, -0.25) is 4.79 Å². The average Bonchev–Trinajstić information content (AvgIpc) is 3.06. The molecule has 8 nitrogen and oxygen atoms in total. The second-order valence-electron chi connectivity index (χ2n) is 12.1. The molecule has 1 aliphatic carbocycles. The van der Waals surface area contributed by atoms with Gasteiger partial charge in [-0.1, -0.05) is 25.0 Å². The number of amides is 1. The van der Waals surface area contributed by atoms with Gasteiger partial charge in [0, 0.05) is 50.3 Å². The molecule has 4 fully saturated rings. The molecule has 3 heterocycles. The maximum absolute atomic E-state index is 13.7. The number of fused-ring (bicyclic) bond motifs is 2. The van der Waals surface area contributed by atoms with Gasteiger partial charge in [0.15, 0.2) is 0 Å². The van der Waals surface area contributed by atoms with Gasteiger partial charge in [0.25, 0.3) is 0 Å². The van der Waals surface area contributed by atoms with E-state index >= 15 is 0 Å². The van der Waals surface area contributed by atoms with Gasteiger partial charge in [0.1, 0.15) is 5.82 Å². The summed E-state index contributed by atoms with van der Waals surface area (Å²) in [5, 5.41) is 6.87. The number of halogens is 1. The van der Waals surface area contributed by atoms with E-state index in [1.165, 1.54) is 12.1 Å². The van der Waals surface area contributed by atoms with E-state index in [2.05, 4.69) is 10.6 Å². The lowest BCUT2D eigenvalue weighted by molar-refractivity contribution is -0.124. The van der Waals surface area contributed by atoms with Crippen molar-refractivity contribution in [2.75, 3.05) is 32.1 Å². The van der Waals surface area contributed by atoms with Crippen LogP contribution in [0.5, 0.6) is 0 Å². The fourth-order valence-electron chi connectivity index (χ4n) is 7.37. The highest BCUT2D eigenvalue weighted by Gasteiger charge is 2.39. The minimum absolute atomic E-state index is 0.0266. The fraction of sp³-hybridized carbons (Fsp3) is 0.759. The Kier molecular flexibility index (Phi) is 9.59. The van der Waals surface area contributed by atoms with E-state index in [9.17, 15) is 17.6 Å². The molecular weight excluding hydrogens is 519 g/mol. The normalized spacial score (nSPS) is 33.0. The standard InChI is InChI=1S/C29H45FN4O4S/c30-23-10-7-21(8-11-23)27(22-13-15-38-16-14-22)28(31)29(35)33-26-6-2-1-4-20(26)9-12-25-18-32-24-5-3-17-39(36,37)34(25)19-24/h7-8,10-11,20,22,24-28,32H,1-6,9,12-19,31H2,(H,33,35)/t20-,24-,25+,26+,27?,28?/m1/s1. The lowest BCUT2D eigenvalue weighted by Gasteiger charge is -2.40. The molecule has 3 unspecified atom stereocenters. The molecule has 3 aliphatic heterocycles. The first kappa shape index (κ1) is 28.9. The van der Waals surface area contributed by atoms with Crippen molar-refractivity contribution in [2.24, 2.45) is 17.6 Å². The van der Waals surface area contributed by atoms with Crippen LogP contribution in [0.2, 0.25) is 0 Å². The maximum atomic E-state index is 13.7. The largest absolute Gasteiger partial charge is 0.381 e. The third-order valence-corrected chi connectivity index (χ3v) is 11.6. The number of sulfonamides is 1. The molecule has 7 atom stereocenters. The van der Waals surface area contributed by atoms with E-state index in [0.717, 1.165) is 63.4 Å². The Hall–Kier alpha value is -1.59. The molecule has 0 radical (unpaired) electrons. The predicted molar refractivity (Wildman–Crippen MR) is 149 cm³/mol. The number of ether oxygens (including phenoxy) is 1. The summed E-state index contributed by atoms with van der Waals surface area (Å²) in [7, 11) is -3.21. The zero-order valence-corrected chi connectivity index (χ0v) is 23.7. The third-order valence-electron chi connectivity index (χ3n) is 9.59. The Labute approximate surface area is 232 Å². The Morgan fingerprint density at radius 1 is 1.08 bits per heavy atom. The fourth-order valence-corrected chi connectivity index (χ4v) is 9.18. The van der Waals surface area contributed by atoms with Gasteiger partial charge >= 0.3 is 0 Å². The number of piperazine rings is 1. The van der Waals surface area contributed by atoms with Crippen LogP contribution in [-0.2, 0) is 19.6 Å². The Morgan fingerprint density at radius 3 is 2.59 bits per heavy atom. The van der Waals surface area contributed by atoms with Crippen LogP contribution in [0.25, 0.3) is 0 Å². The van der Waals surface area contributed by atoms with Gasteiger partial charge in [-0.05, 0) is 80.9 Å². The molecule has 1 aromatic carbocycles. The maximum Gasteiger partial charge on any atom is 0.237 e. The zero-order valence-electron chi connectivity index (χ0n) is 22.9. The molecule has 3 saturated heterocycles. The topological polar surface area (TPSA) is 114 Å². The zero-order chi connectivity index (χ0) is 27.4. The summed E-state index contributed by atoms with van der Waals surface area (Å²) in [6.45, 7) is 2.56. The molecule has 0 aromatic heterocycles. The Bertz CT molecular complexity index is 1070. The van der Waals surface area contributed by atoms with Gasteiger partial charge in [-0.2, -0.15) is 4.31 Å². The van der Waals surface area contributed by atoms with Crippen LogP contribution in [0.15, 0.2) is 24.3 Å². The molecule has 39 heavy (non-hydrogen) atoms. The number of hydrogen-bond acceptors (Lipinski definition) is 6. The Balaban J connectivity index is 1.24. The van der Waals surface area contributed by atoms with E-state index in [-0.39, 0.29) is 47.4 Å². The van der Waals surface area contributed by atoms with Gasteiger partial charge in [-0.15, -0.1) is 0 Å². The number of nitrogens with zero attached hydrogens (tertiary/aromatic N) is 1.